The monoisotopic (exact) mass is 414 g/mol. The van der Waals surface area contributed by atoms with E-state index in [4.69, 9.17) is 0 Å². The number of rotatable bonds is 4. The third-order valence-corrected chi connectivity index (χ3v) is 8.20. The van der Waals surface area contributed by atoms with Gasteiger partial charge in [0.05, 0.1) is 5.25 Å². The van der Waals surface area contributed by atoms with Gasteiger partial charge in [-0.3, -0.25) is 4.98 Å². The second-order valence-electron chi connectivity index (χ2n) is 7.71. The first-order valence-corrected chi connectivity index (χ1v) is 11.5. The summed E-state index contributed by atoms with van der Waals surface area (Å²) in [6.07, 6.45) is 4.58. The Kier molecular flexibility index (Phi) is 5.82. The molecule has 2 atom stereocenters. The summed E-state index contributed by atoms with van der Waals surface area (Å²) in [5, 5.41) is 2.53. The molecule has 7 nitrogen and oxygen atoms in total. The largest absolute Gasteiger partial charge is 0.334 e. The Labute approximate surface area is 171 Å². The Bertz CT molecular complexity index is 937. The van der Waals surface area contributed by atoms with Gasteiger partial charge in [-0.1, -0.05) is 36.4 Å². The summed E-state index contributed by atoms with van der Waals surface area (Å²) in [4.78, 5) is 18.4. The quantitative estimate of drug-likeness (QED) is 0.832. The summed E-state index contributed by atoms with van der Waals surface area (Å²) in [6, 6.07) is 13.4. The molecule has 2 aliphatic rings. The van der Waals surface area contributed by atoms with Gasteiger partial charge in [0.25, 0.3) is 0 Å². The number of benzene rings is 1. The van der Waals surface area contributed by atoms with Crippen LogP contribution in [-0.2, 0) is 23.1 Å². The maximum atomic E-state index is 13.1. The van der Waals surface area contributed by atoms with Gasteiger partial charge >= 0.3 is 6.03 Å². The molecule has 2 aliphatic heterocycles. The van der Waals surface area contributed by atoms with Crippen LogP contribution in [0.15, 0.2) is 54.9 Å². The highest BCUT2D eigenvalue weighted by molar-refractivity contribution is 7.90. The van der Waals surface area contributed by atoms with Crippen molar-refractivity contribution in [2.24, 2.45) is 5.92 Å². The second kappa shape index (κ2) is 8.51. The maximum absolute atomic E-state index is 13.1. The summed E-state index contributed by atoms with van der Waals surface area (Å²) in [7, 11) is -3.37. The van der Waals surface area contributed by atoms with Crippen molar-refractivity contribution >= 4 is 16.1 Å². The lowest BCUT2D eigenvalue weighted by atomic mass is 10.0. The van der Waals surface area contributed by atoms with Crippen molar-refractivity contribution < 1.29 is 13.2 Å². The molecule has 3 heterocycles. The highest BCUT2D eigenvalue weighted by Crippen LogP contribution is 2.35. The molecule has 0 saturated carbocycles. The van der Waals surface area contributed by atoms with Gasteiger partial charge < -0.3 is 10.2 Å². The van der Waals surface area contributed by atoms with E-state index in [1.165, 1.54) is 0 Å². The fraction of sp³-hybridized carbons (Fsp3) is 0.429. The molecule has 2 fully saturated rings. The van der Waals surface area contributed by atoms with E-state index in [9.17, 15) is 13.2 Å². The summed E-state index contributed by atoms with van der Waals surface area (Å²) in [5.41, 5.74) is 1.94. The number of sulfonamides is 1. The Morgan fingerprint density at radius 1 is 1.07 bits per heavy atom. The van der Waals surface area contributed by atoms with E-state index < -0.39 is 15.3 Å². The molecule has 2 amide bonds. The van der Waals surface area contributed by atoms with Crippen molar-refractivity contribution in [3.63, 3.8) is 0 Å². The van der Waals surface area contributed by atoms with Gasteiger partial charge in [0.2, 0.25) is 10.0 Å². The molecule has 0 unspecified atom stereocenters. The zero-order chi connectivity index (χ0) is 20.3. The van der Waals surface area contributed by atoms with Crippen LogP contribution < -0.4 is 5.32 Å². The van der Waals surface area contributed by atoms with Crippen LogP contribution in [0, 0.1) is 5.92 Å². The van der Waals surface area contributed by atoms with Gasteiger partial charge in [-0.15, -0.1) is 0 Å². The minimum Gasteiger partial charge on any atom is -0.334 e. The number of nitrogens with one attached hydrogen (secondary N) is 1. The van der Waals surface area contributed by atoms with Crippen LogP contribution in [0.5, 0.6) is 0 Å². The number of carbonyl (C=O) groups is 1. The van der Waals surface area contributed by atoms with E-state index in [-0.39, 0.29) is 11.9 Å². The highest BCUT2D eigenvalue weighted by Gasteiger charge is 2.47. The third kappa shape index (κ3) is 4.43. The molecule has 1 aromatic heterocycles. The molecule has 0 spiro atoms. The van der Waals surface area contributed by atoms with Crippen molar-refractivity contribution in [2.75, 3.05) is 19.6 Å². The van der Waals surface area contributed by atoms with Gasteiger partial charge in [0.15, 0.2) is 0 Å². The predicted molar refractivity (Wildman–Crippen MR) is 110 cm³/mol. The van der Waals surface area contributed by atoms with Crippen molar-refractivity contribution in [3.8, 4) is 0 Å². The SMILES string of the molecule is O=C(NCc1ccccc1)N1CC[C@@H]2CN(Cc3cccnc3)S(=O)(=O)[C@@H]2CC1. The first-order chi connectivity index (χ1) is 14.0. The molecule has 1 N–H and O–H groups in total. The second-order valence-corrected chi connectivity index (χ2v) is 9.86. The number of pyridine rings is 1. The van der Waals surface area contributed by atoms with E-state index in [0.717, 1.165) is 11.1 Å². The van der Waals surface area contributed by atoms with Crippen LogP contribution in [0.2, 0.25) is 0 Å². The number of carbonyl (C=O) groups excluding carboxylic acids is 1. The minimum atomic E-state index is -3.37. The zero-order valence-corrected chi connectivity index (χ0v) is 17.1. The molecule has 2 saturated heterocycles. The normalized spacial score (nSPS) is 23.9. The summed E-state index contributed by atoms with van der Waals surface area (Å²) in [6.45, 7) is 2.39. The van der Waals surface area contributed by atoms with Crippen molar-refractivity contribution in [2.45, 2.75) is 31.2 Å². The van der Waals surface area contributed by atoms with Crippen molar-refractivity contribution in [1.29, 1.82) is 0 Å². The molecular weight excluding hydrogens is 388 g/mol. The molecule has 0 radical (unpaired) electrons. The number of amides is 2. The predicted octanol–water partition coefficient (Wildman–Crippen LogP) is 2.22. The van der Waals surface area contributed by atoms with Gasteiger partial charge in [-0.2, -0.15) is 4.31 Å². The number of aromatic nitrogens is 1. The molecule has 1 aromatic carbocycles. The van der Waals surface area contributed by atoms with Gasteiger partial charge in [0, 0.05) is 45.1 Å². The van der Waals surface area contributed by atoms with E-state index in [2.05, 4.69) is 10.3 Å². The van der Waals surface area contributed by atoms with E-state index in [1.54, 1.807) is 21.6 Å². The average Bonchev–Trinajstić information content (AvgIpc) is 2.88. The minimum absolute atomic E-state index is 0.0589. The number of likely N-dealkylation sites (tertiary alicyclic amines) is 1. The lowest BCUT2D eigenvalue weighted by Crippen LogP contribution is -2.41. The van der Waals surface area contributed by atoms with Crippen LogP contribution in [0.4, 0.5) is 4.79 Å². The molecule has 154 valence electrons. The first kappa shape index (κ1) is 19.8. The Morgan fingerprint density at radius 3 is 2.59 bits per heavy atom. The summed E-state index contributed by atoms with van der Waals surface area (Å²) < 4.78 is 27.7. The molecule has 29 heavy (non-hydrogen) atoms. The Balaban J connectivity index is 1.36. The number of urea groups is 1. The molecule has 8 heteroatoms. The maximum Gasteiger partial charge on any atom is 0.317 e. The summed E-state index contributed by atoms with van der Waals surface area (Å²) >= 11 is 0. The Morgan fingerprint density at radius 2 is 1.83 bits per heavy atom. The lowest BCUT2D eigenvalue weighted by Gasteiger charge is -2.22. The summed E-state index contributed by atoms with van der Waals surface area (Å²) in [5.74, 6) is 0.0589. The fourth-order valence-corrected chi connectivity index (χ4v) is 6.46. The number of hydrogen-bond donors (Lipinski definition) is 1. The van der Waals surface area contributed by atoms with Gasteiger partial charge in [-0.05, 0) is 36.0 Å². The lowest BCUT2D eigenvalue weighted by molar-refractivity contribution is 0.198. The van der Waals surface area contributed by atoms with Crippen LogP contribution in [0.25, 0.3) is 0 Å². The van der Waals surface area contributed by atoms with E-state index in [1.807, 2.05) is 42.5 Å². The highest BCUT2D eigenvalue weighted by atomic mass is 32.2. The molecule has 0 bridgehead atoms. The molecule has 2 aromatic rings. The Hall–Kier alpha value is -2.45. The third-order valence-electron chi connectivity index (χ3n) is 5.82. The molecular formula is C21H26N4O3S. The number of hydrogen-bond acceptors (Lipinski definition) is 4. The topological polar surface area (TPSA) is 82.6 Å². The van der Waals surface area contributed by atoms with Gasteiger partial charge in [0.1, 0.15) is 0 Å². The van der Waals surface area contributed by atoms with E-state index >= 15 is 0 Å². The van der Waals surface area contributed by atoms with Crippen LogP contribution in [0.1, 0.15) is 24.0 Å². The zero-order valence-electron chi connectivity index (χ0n) is 16.3. The first-order valence-electron chi connectivity index (χ1n) is 9.98. The van der Waals surface area contributed by atoms with Crippen molar-refractivity contribution in [3.05, 3.63) is 66.0 Å². The van der Waals surface area contributed by atoms with E-state index in [0.29, 0.717) is 45.6 Å². The van der Waals surface area contributed by atoms with Crippen LogP contribution >= 0.6 is 0 Å². The standard InChI is InChI=1S/C21H26N4O3S/c26-21(23-14-17-5-2-1-3-6-17)24-11-8-19-16-25(15-18-7-4-10-22-13-18)29(27,28)20(19)9-12-24/h1-7,10,13,19-20H,8-9,11-12,14-16H2,(H,23,26)/t19-,20-/m1/s1. The van der Waals surface area contributed by atoms with Crippen LogP contribution in [-0.4, -0.2) is 53.5 Å². The number of nitrogens with zero attached hydrogens (tertiary/aromatic N) is 3. The average molecular weight is 415 g/mol. The van der Waals surface area contributed by atoms with Gasteiger partial charge in [-0.25, -0.2) is 13.2 Å². The molecule has 0 aliphatic carbocycles. The molecule has 4 rings (SSSR count). The van der Waals surface area contributed by atoms with Crippen molar-refractivity contribution in [1.82, 2.24) is 19.5 Å². The fourth-order valence-electron chi connectivity index (χ4n) is 4.23. The van der Waals surface area contributed by atoms with Crippen LogP contribution in [0.3, 0.4) is 0 Å². The smallest absolute Gasteiger partial charge is 0.317 e. The number of fused-ring (bicyclic) bond motifs is 1.